The van der Waals surface area contributed by atoms with Gasteiger partial charge in [-0.25, -0.2) is 9.97 Å². The number of nitrogens with two attached hydrogens (primary N) is 1. The van der Waals surface area contributed by atoms with Gasteiger partial charge in [-0.2, -0.15) is 13.2 Å². The molecule has 4 rings (SSSR count). The molecule has 0 amide bonds. The minimum absolute atomic E-state index is 0.0514. The van der Waals surface area contributed by atoms with Gasteiger partial charge in [-0.1, -0.05) is 5.16 Å². The highest BCUT2D eigenvalue weighted by Gasteiger charge is 2.30. The summed E-state index contributed by atoms with van der Waals surface area (Å²) in [4.78, 5) is 28.9. The van der Waals surface area contributed by atoms with Gasteiger partial charge < -0.3 is 14.8 Å². The van der Waals surface area contributed by atoms with Gasteiger partial charge >= 0.3 is 6.18 Å². The Bertz CT molecular complexity index is 1050. The largest absolute Gasteiger partial charge is 0.446 e. The maximum absolute atomic E-state index is 11.8. The third-order valence-electron chi connectivity index (χ3n) is 4.38. The summed E-state index contributed by atoms with van der Waals surface area (Å²) in [5.41, 5.74) is 8.47. The molecule has 1 saturated carbocycles. The number of carbonyl (C=O) groups is 2. The van der Waals surface area contributed by atoms with Gasteiger partial charge in [0.25, 0.3) is 0 Å². The summed E-state index contributed by atoms with van der Waals surface area (Å²) >= 11 is 0. The van der Waals surface area contributed by atoms with E-state index in [9.17, 15) is 18.0 Å². The monoisotopic (exact) mass is 409 g/mol. The first-order valence-electron chi connectivity index (χ1n) is 8.77. The number of hydrogen-bond donors (Lipinski definition) is 1. The highest BCUT2D eigenvalue weighted by atomic mass is 19.4. The Morgan fingerprint density at radius 1 is 1.28 bits per heavy atom. The quantitative estimate of drug-likeness (QED) is 0.653. The smallest absolute Gasteiger partial charge is 0.383 e. The number of hydrogen-bond acceptors (Lipinski definition) is 7. The number of rotatable bonds is 4. The van der Waals surface area contributed by atoms with Crippen LogP contribution >= 0.6 is 0 Å². The lowest BCUT2D eigenvalue weighted by atomic mass is 10.1. The molecule has 1 fully saturated rings. The first-order chi connectivity index (χ1) is 13.7. The van der Waals surface area contributed by atoms with Gasteiger partial charge in [0.1, 0.15) is 29.2 Å². The summed E-state index contributed by atoms with van der Waals surface area (Å²) in [5, 5.41) is 4.81. The van der Waals surface area contributed by atoms with Gasteiger partial charge in [-0.3, -0.25) is 9.59 Å². The first kappa shape index (κ1) is 20.5. The van der Waals surface area contributed by atoms with E-state index in [1.165, 1.54) is 6.33 Å². The van der Waals surface area contributed by atoms with Crippen LogP contribution in [0.3, 0.4) is 0 Å². The zero-order valence-corrected chi connectivity index (χ0v) is 15.6. The molecule has 3 aromatic rings. The van der Waals surface area contributed by atoms with Crippen molar-refractivity contribution in [3.05, 3.63) is 23.8 Å². The first-order valence-corrected chi connectivity index (χ1v) is 8.77. The summed E-state index contributed by atoms with van der Waals surface area (Å²) in [7, 11) is 0. The molecular formula is C18H18F3N5O3. The number of carbonyl (C=O) groups excluding carboxylic acids is 2. The molecule has 1 aliphatic carbocycles. The van der Waals surface area contributed by atoms with E-state index in [0.717, 1.165) is 24.9 Å². The number of nitrogen functional groups attached to an aromatic ring is 1. The predicted octanol–water partition coefficient (Wildman–Crippen LogP) is 3.69. The van der Waals surface area contributed by atoms with Gasteiger partial charge in [0, 0.05) is 23.6 Å². The number of fused-ring (bicyclic) bond motifs is 1. The number of aldehydes is 2. The van der Waals surface area contributed by atoms with E-state index in [2.05, 4.69) is 15.1 Å². The zero-order chi connectivity index (χ0) is 21.3. The minimum atomic E-state index is -4.64. The Morgan fingerprint density at radius 2 is 1.93 bits per heavy atom. The molecule has 0 saturated heterocycles. The molecule has 0 bridgehead atoms. The normalized spacial score (nSPS) is 14.0. The second-order valence-electron chi connectivity index (χ2n) is 6.85. The number of alkyl halides is 3. The predicted molar refractivity (Wildman–Crippen MR) is 97.3 cm³/mol. The Morgan fingerprint density at radius 3 is 2.45 bits per heavy atom. The summed E-state index contributed by atoms with van der Waals surface area (Å²) < 4.78 is 38.6. The number of anilines is 1. The SMILES string of the molecule is CC(C)n1c(C=O)c(-c2cc(C3CC3)on2)c2c(N)ncnc21.O=CC(F)(F)F. The van der Waals surface area contributed by atoms with E-state index in [-0.39, 0.29) is 6.04 Å². The fourth-order valence-electron chi connectivity index (χ4n) is 3.04. The maximum Gasteiger partial charge on any atom is 0.446 e. The van der Waals surface area contributed by atoms with Gasteiger partial charge in [0.2, 0.25) is 6.29 Å². The van der Waals surface area contributed by atoms with Crippen LogP contribution in [0.2, 0.25) is 0 Å². The van der Waals surface area contributed by atoms with Crippen molar-refractivity contribution in [1.82, 2.24) is 19.7 Å². The molecule has 3 heterocycles. The van der Waals surface area contributed by atoms with Crippen LogP contribution in [-0.4, -0.2) is 38.4 Å². The Hall–Kier alpha value is -3.24. The Balaban J connectivity index is 0.000000353. The van der Waals surface area contributed by atoms with Gasteiger partial charge in [0.05, 0.1) is 11.1 Å². The molecule has 0 radical (unpaired) electrons. The third-order valence-corrected chi connectivity index (χ3v) is 4.38. The number of nitrogens with zero attached hydrogens (tertiary/aromatic N) is 4. The molecular weight excluding hydrogens is 391 g/mol. The van der Waals surface area contributed by atoms with Crippen LogP contribution in [0.5, 0.6) is 0 Å². The average molecular weight is 409 g/mol. The summed E-state index contributed by atoms with van der Waals surface area (Å²) in [6, 6.07) is 1.95. The zero-order valence-electron chi connectivity index (χ0n) is 15.6. The molecule has 1 aliphatic rings. The van der Waals surface area contributed by atoms with Crippen LogP contribution in [-0.2, 0) is 4.79 Å². The van der Waals surface area contributed by atoms with Gasteiger partial charge in [-0.15, -0.1) is 0 Å². The highest BCUT2D eigenvalue weighted by Crippen LogP contribution is 2.43. The van der Waals surface area contributed by atoms with Crippen molar-refractivity contribution < 1.29 is 27.3 Å². The molecule has 0 spiro atoms. The van der Waals surface area contributed by atoms with Crippen molar-refractivity contribution in [3.63, 3.8) is 0 Å². The fourth-order valence-corrected chi connectivity index (χ4v) is 3.04. The summed E-state index contributed by atoms with van der Waals surface area (Å²) in [5.74, 6) is 1.64. The Labute approximate surface area is 162 Å². The second-order valence-corrected chi connectivity index (χ2v) is 6.85. The molecule has 0 unspecified atom stereocenters. The van der Waals surface area contributed by atoms with E-state index in [0.29, 0.717) is 39.7 Å². The van der Waals surface area contributed by atoms with Crippen LogP contribution in [0, 0.1) is 0 Å². The van der Waals surface area contributed by atoms with Crippen LogP contribution < -0.4 is 5.73 Å². The lowest BCUT2D eigenvalue weighted by Gasteiger charge is -2.10. The number of halogens is 3. The van der Waals surface area contributed by atoms with Crippen molar-refractivity contribution >= 4 is 29.4 Å². The average Bonchev–Trinajstić information content (AvgIpc) is 3.28. The molecule has 154 valence electrons. The van der Waals surface area contributed by atoms with Gasteiger partial charge in [0.15, 0.2) is 6.29 Å². The standard InChI is InChI=1S/C16H17N5O2.C2HF3O/c1-8(2)21-11(6-22)13(14-15(17)18-7-19-16(14)21)10-5-12(23-20-10)9-3-4-9;3-2(4,5)1-6/h5-9H,3-4H2,1-2H3,(H2,17,18,19);1H. The second kappa shape index (κ2) is 7.64. The lowest BCUT2D eigenvalue weighted by Crippen LogP contribution is -2.07. The topological polar surface area (TPSA) is 117 Å². The Kier molecular flexibility index (Phi) is 5.40. The van der Waals surface area contributed by atoms with Crippen molar-refractivity contribution in [2.24, 2.45) is 0 Å². The lowest BCUT2D eigenvalue weighted by molar-refractivity contribution is -0.156. The van der Waals surface area contributed by atoms with E-state index < -0.39 is 12.5 Å². The van der Waals surface area contributed by atoms with Crippen LogP contribution in [0.1, 0.15) is 54.9 Å². The van der Waals surface area contributed by atoms with Crippen molar-refractivity contribution in [2.75, 3.05) is 5.73 Å². The molecule has 8 nitrogen and oxygen atoms in total. The van der Waals surface area contributed by atoms with Crippen LogP contribution in [0.15, 0.2) is 16.9 Å². The molecule has 0 aliphatic heterocycles. The minimum Gasteiger partial charge on any atom is -0.383 e. The fraction of sp³-hybridized carbons (Fsp3) is 0.389. The van der Waals surface area contributed by atoms with Crippen molar-refractivity contribution in [1.29, 1.82) is 0 Å². The van der Waals surface area contributed by atoms with Crippen LogP contribution in [0.25, 0.3) is 22.3 Å². The number of aromatic nitrogens is 4. The van der Waals surface area contributed by atoms with E-state index in [1.54, 1.807) is 0 Å². The highest BCUT2D eigenvalue weighted by molar-refractivity contribution is 6.07. The molecule has 11 heteroatoms. The van der Waals surface area contributed by atoms with Crippen molar-refractivity contribution in [2.45, 2.75) is 44.8 Å². The molecule has 2 N–H and O–H groups in total. The third kappa shape index (κ3) is 4.13. The summed E-state index contributed by atoms with van der Waals surface area (Å²) in [6.45, 7) is 3.99. The van der Waals surface area contributed by atoms with E-state index in [4.69, 9.17) is 15.1 Å². The van der Waals surface area contributed by atoms with E-state index in [1.807, 2.05) is 24.5 Å². The maximum atomic E-state index is 11.8. The molecule has 3 aromatic heterocycles. The summed E-state index contributed by atoms with van der Waals surface area (Å²) in [6.07, 6.45) is -1.23. The molecule has 29 heavy (non-hydrogen) atoms. The van der Waals surface area contributed by atoms with Crippen molar-refractivity contribution in [3.8, 4) is 11.3 Å². The van der Waals surface area contributed by atoms with E-state index >= 15 is 0 Å². The van der Waals surface area contributed by atoms with Crippen LogP contribution in [0.4, 0.5) is 19.0 Å². The molecule has 0 aromatic carbocycles. The van der Waals surface area contributed by atoms with Gasteiger partial charge in [-0.05, 0) is 26.7 Å². The molecule has 0 atom stereocenters.